The number of benzene rings is 1. The summed E-state index contributed by atoms with van der Waals surface area (Å²) < 4.78 is 12.0. The van der Waals surface area contributed by atoms with Gasteiger partial charge in [-0.05, 0) is 30.6 Å². The van der Waals surface area contributed by atoms with Crippen LogP contribution in [0.1, 0.15) is 33.3 Å². The highest BCUT2D eigenvalue weighted by atomic mass is 28.4. The van der Waals surface area contributed by atoms with Gasteiger partial charge in [0.25, 0.3) is 0 Å². The molecular formula is C18H30O2Si. The van der Waals surface area contributed by atoms with Crippen LogP contribution in [0.15, 0.2) is 36.4 Å². The van der Waals surface area contributed by atoms with E-state index in [0.717, 1.165) is 0 Å². The van der Waals surface area contributed by atoms with Crippen LogP contribution < -0.4 is 0 Å². The second-order valence-electron chi connectivity index (χ2n) is 7.05. The van der Waals surface area contributed by atoms with Crippen LogP contribution >= 0.6 is 0 Å². The molecule has 2 atom stereocenters. The van der Waals surface area contributed by atoms with Gasteiger partial charge in [0.05, 0.1) is 6.10 Å². The smallest absolute Gasteiger partial charge is 0.192 e. The highest BCUT2D eigenvalue weighted by Gasteiger charge is 2.39. The minimum absolute atomic E-state index is 0.0284. The Hall–Kier alpha value is -0.903. The van der Waals surface area contributed by atoms with Crippen LogP contribution in [0.2, 0.25) is 18.1 Å². The van der Waals surface area contributed by atoms with E-state index < -0.39 is 8.32 Å². The Morgan fingerprint density at radius 3 is 2.14 bits per heavy atom. The molecule has 0 fully saturated rings. The van der Waals surface area contributed by atoms with Crippen molar-refractivity contribution in [3.05, 3.63) is 42.0 Å². The number of rotatable bonds is 6. The number of hydrogen-bond acceptors (Lipinski definition) is 2. The van der Waals surface area contributed by atoms with Gasteiger partial charge in [-0.1, -0.05) is 63.3 Å². The highest BCUT2D eigenvalue weighted by Crippen LogP contribution is 2.37. The Bertz CT molecular complexity index is 446. The number of ether oxygens (including phenoxy) is 1. The average molecular weight is 307 g/mol. The van der Waals surface area contributed by atoms with Gasteiger partial charge in [-0.3, -0.25) is 0 Å². The molecule has 0 saturated heterocycles. The maximum atomic E-state index is 6.41. The van der Waals surface area contributed by atoms with Crippen molar-refractivity contribution in [2.45, 2.75) is 58.0 Å². The van der Waals surface area contributed by atoms with Crippen molar-refractivity contribution in [3.8, 4) is 0 Å². The molecule has 0 saturated carbocycles. The molecule has 0 aliphatic carbocycles. The maximum Gasteiger partial charge on any atom is 0.192 e. The van der Waals surface area contributed by atoms with E-state index in [0.29, 0.717) is 0 Å². The molecule has 1 rings (SSSR count). The van der Waals surface area contributed by atoms with E-state index in [2.05, 4.69) is 65.1 Å². The second kappa shape index (κ2) is 7.39. The number of methoxy groups -OCH3 is 1. The summed E-state index contributed by atoms with van der Waals surface area (Å²) in [6.07, 6.45) is 4.21. The Kier molecular flexibility index (Phi) is 6.38. The van der Waals surface area contributed by atoms with E-state index in [1.54, 1.807) is 7.11 Å². The minimum atomic E-state index is -1.77. The first-order valence-corrected chi connectivity index (χ1v) is 10.5. The third-order valence-electron chi connectivity index (χ3n) is 4.30. The summed E-state index contributed by atoms with van der Waals surface area (Å²) in [6, 6.07) is 10.3. The third kappa shape index (κ3) is 5.42. The van der Waals surface area contributed by atoms with E-state index in [1.807, 2.05) is 18.2 Å². The fourth-order valence-electron chi connectivity index (χ4n) is 1.91. The number of hydrogen-bond donors (Lipinski definition) is 0. The van der Waals surface area contributed by atoms with Gasteiger partial charge < -0.3 is 9.16 Å². The molecule has 0 aliphatic heterocycles. The van der Waals surface area contributed by atoms with Gasteiger partial charge in [0.2, 0.25) is 0 Å². The summed E-state index contributed by atoms with van der Waals surface area (Å²) in [5, 5.41) is 0.211. The first kappa shape index (κ1) is 18.1. The molecule has 0 radical (unpaired) electrons. The van der Waals surface area contributed by atoms with Crippen molar-refractivity contribution in [3.63, 3.8) is 0 Å². The minimum Gasteiger partial charge on any atom is -0.411 e. The van der Waals surface area contributed by atoms with E-state index in [9.17, 15) is 0 Å². The second-order valence-corrected chi connectivity index (χ2v) is 11.8. The van der Waals surface area contributed by atoms with E-state index in [-0.39, 0.29) is 17.2 Å². The summed E-state index contributed by atoms with van der Waals surface area (Å²) in [4.78, 5) is 0. The van der Waals surface area contributed by atoms with Crippen LogP contribution in [0.5, 0.6) is 0 Å². The summed E-state index contributed by atoms with van der Waals surface area (Å²) in [7, 11) is -0.0276. The highest BCUT2D eigenvalue weighted by molar-refractivity contribution is 6.74. The molecule has 2 nitrogen and oxygen atoms in total. The van der Waals surface area contributed by atoms with Gasteiger partial charge in [0, 0.05) is 7.11 Å². The molecule has 21 heavy (non-hydrogen) atoms. The van der Waals surface area contributed by atoms with Crippen LogP contribution in [0.3, 0.4) is 0 Å². The summed E-state index contributed by atoms with van der Waals surface area (Å²) in [5.41, 5.74) is 1.18. The zero-order valence-corrected chi connectivity index (χ0v) is 15.5. The van der Waals surface area contributed by atoms with Gasteiger partial charge in [-0.25, -0.2) is 0 Å². The largest absolute Gasteiger partial charge is 0.411 e. The lowest BCUT2D eigenvalue weighted by molar-refractivity contribution is 0.0346. The predicted molar refractivity (Wildman–Crippen MR) is 94.0 cm³/mol. The summed E-state index contributed by atoms with van der Waals surface area (Å²) in [5.74, 6) is 0. The first-order valence-electron chi connectivity index (χ1n) is 7.61. The van der Waals surface area contributed by atoms with Crippen molar-refractivity contribution in [1.82, 2.24) is 0 Å². The molecule has 0 heterocycles. The van der Waals surface area contributed by atoms with E-state index >= 15 is 0 Å². The standard InChI is InChI=1S/C18H30O2Si/c1-15(20-21(6,7)18(2,3)4)17(19-5)14-13-16-11-9-8-10-12-16/h8-15,17H,1-7H3/b14-13+/t15-,17+/m1/s1. The van der Waals surface area contributed by atoms with Crippen molar-refractivity contribution in [1.29, 1.82) is 0 Å². The molecule has 1 aromatic carbocycles. The van der Waals surface area contributed by atoms with Crippen molar-refractivity contribution in [2.24, 2.45) is 0 Å². The topological polar surface area (TPSA) is 18.5 Å². The van der Waals surface area contributed by atoms with Crippen LogP contribution in [0.4, 0.5) is 0 Å². The van der Waals surface area contributed by atoms with Gasteiger partial charge in [0.15, 0.2) is 8.32 Å². The quantitative estimate of drug-likeness (QED) is 0.679. The Morgan fingerprint density at radius 2 is 1.67 bits per heavy atom. The molecule has 3 heteroatoms. The third-order valence-corrected chi connectivity index (χ3v) is 8.87. The lowest BCUT2D eigenvalue weighted by Gasteiger charge is -2.39. The van der Waals surface area contributed by atoms with Crippen molar-refractivity contribution < 1.29 is 9.16 Å². The normalized spacial score (nSPS) is 16.1. The van der Waals surface area contributed by atoms with Gasteiger partial charge >= 0.3 is 0 Å². The van der Waals surface area contributed by atoms with E-state index in [4.69, 9.17) is 9.16 Å². The zero-order valence-electron chi connectivity index (χ0n) is 14.5. The lowest BCUT2D eigenvalue weighted by atomic mass is 10.1. The zero-order chi connectivity index (χ0) is 16.1. The van der Waals surface area contributed by atoms with Gasteiger partial charge in [0.1, 0.15) is 6.10 Å². The molecule has 0 unspecified atom stereocenters. The van der Waals surface area contributed by atoms with Crippen LogP contribution in [0.25, 0.3) is 6.08 Å². The fourth-order valence-corrected chi connectivity index (χ4v) is 3.32. The Labute approximate surface area is 131 Å². The summed E-state index contributed by atoms with van der Waals surface area (Å²) >= 11 is 0. The van der Waals surface area contributed by atoms with Crippen LogP contribution in [-0.4, -0.2) is 27.6 Å². The lowest BCUT2D eigenvalue weighted by Crippen LogP contribution is -2.46. The molecule has 0 aromatic heterocycles. The fraction of sp³-hybridized carbons (Fsp3) is 0.556. The molecule has 0 bridgehead atoms. The van der Waals surface area contributed by atoms with Crippen molar-refractivity contribution in [2.75, 3.05) is 7.11 Å². The maximum absolute atomic E-state index is 6.41. The summed E-state index contributed by atoms with van der Waals surface area (Å²) in [6.45, 7) is 13.4. The van der Waals surface area contributed by atoms with E-state index in [1.165, 1.54) is 5.56 Å². The molecular weight excluding hydrogens is 276 g/mol. The van der Waals surface area contributed by atoms with Crippen LogP contribution in [0, 0.1) is 0 Å². The molecule has 0 spiro atoms. The Balaban J connectivity index is 2.74. The molecule has 0 aliphatic rings. The Morgan fingerprint density at radius 1 is 1.10 bits per heavy atom. The monoisotopic (exact) mass is 306 g/mol. The van der Waals surface area contributed by atoms with Crippen molar-refractivity contribution >= 4 is 14.4 Å². The van der Waals surface area contributed by atoms with Gasteiger partial charge in [-0.15, -0.1) is 0 Å². The first-order chi connectivity index (χ1) is 9.67. The van der Waals surface area contributed by atoms with Gasteiger partial charge in [-0.2, -0.15) is 0 Å². The molecule has 0 amide bonds. The molecule has 118 valence electrons. The average Bonchev–Trinajstić information content (AvgIpc) is 2.38. The van der Waals surface area contributed by atoms with Crippen LogP contribution in [-0.2, 0) is 9.16 Å². The molecule has 0 N–H and O–H groups in total. The SMILES string of the molecule is CO[C@@H](/C=C/c1ccccc1)[C@@H](C)O[Si](C)(C)C(C)(C)C. The predicted octanol–water partition coefficient (Wildman–Crippen LogP) is 5.13. The molecule has 1 aromatic rings.